The number of aromatic nitrogens is 1. The summed E-state index contributed by atoms with van der Waals surface area (Å²) in [5, 5.41) is 4.66. The number of anilines is 1. The SMILES string of the molecule is CCC1(C)CCN(c2ncc(CNC(C)C)s2)CC1. The Morgan fingerprint density at radius 3 is 2.68 bits per heavy atom. The lowest BCUT2D eigenvalue weighted by atomic mass is 9.78. The van der Waals surface area contributed by atoms with E-state index < -0.39 is 0 Å². The third-order valence-corrected chi connectivity index (χ3v) is 5.38. The van der Waals surface area contributed by atoms with Gasteiger partial charge in [-0.25, -0.2) is 4.98 Å². The van der Waals surface area contributed by atoms with Crippen molar-refractivity contribution in [1.82, 2.24) is 10.3 Å². The molecule has 1 aromatic heterocycles. The lowest BCUT2D eigenvalue weighted by Crippen LogP contribution is -2.38. The van der Waals surface area contributed by atoms with Gasteiger partial charge in [0.15, 0.2) is 5.13 Å². The predicted molar refractivity (Wildman–Crippen MR) is 83.9 cm³/mol. The van der Waals surface area contributed by atoms with Crippen LogP contribution in [0.3, 0.4) is 0 Å². The van der Waals surface area contributed by atoms with E-state index in [1.54, 1.807) is 0 Å². The number of hydrogen-bond donors (Lipinski definition) is 1. The van der Waals surface area contributed by atoms with Gasteiger partial charge in [-0.3, -0.25) is 0 Å². The number of rotatable bonds is 5. The van der Waals surface area contributed by atoms with Crippen LogP contribution < -0.4 is 10.2 Å². The van der Waals surface area contributed by atoms with Crippen LogP contribution in [-0.2, 0) is 6.54 Å². The Kier molecular flexibility index (Phi) is 4.85. The molecule has 0 atom stereocenters. The Morgan fingerprint density at radius 2 is 2.11 bits per heavy atom. The van der Waals surface area contributed by atoms with Gasteiger partial charge in [0.2, 0.25) is 0 Å². The van der Waals surface area contributed by atoms with Crippen molar-refractivity contribution < 1.29 is 0 Å². The molecule has 2 rings (SSSR count). The minimum absolute atomic E-state index is 0.533. The van der Waals surface area contributed by atoms with Crippen molar-refractivity contribution in [2.75, 3.05) is 18.0 Å². The molecule has 0 unspecified atom stereocenters. The second-order valence-corrected chi connectivity index (χ2v) is 7.39. The van der Waals surface area contributed by atoms with Gasteiger partial charge >= 0.3 is 0 Å². The smallest absolute Gasteiger partial charge is 0.185 e. The zero-order chi connectivity index (χ0) is 13.9. The van der Waals surface area contributed by atoms with Crippen LogP contribution >= 0.6 is 11.3 Å². The minimum Gasteiger partial charge on any atom is -0.348 e. The van der Waals surface area contributed by atoms with Gasteiger partial charge in [-0.05, 0) is 18.3 Å². The van der Waals surface area contributed by atoms with Gasteiger partial charge in [-0.2, -0.15) is 0 Å². The number of thiazole rings is 1. The van der Waals surface area contributed by atoms with Crippen molar-refractivity contribution in [2.24, 2.45) is 5.41 Å². The summed E-state index contributed by atoms with van der Waals surface area (Å²) in [4.78, 5) is 8.40. The lowest BCUT2D eigenvalue weighted by molar-refractivity contribution is 0.238. The van der Waals surface area contributed by atoms with E-state index in [9.17, 15) is 0 Å². The summed E-state index contributed by atoms with van der Waals surface area (Å²) < 4.78 is 0. The van der Waals surface area contributed by atoms with E-state index in [1.807, 2.05) is 17.5 Å². The average molecular weight is 281 g/mol. The van der Waals surface area contributed by atoms with Crippen molar-refractivity contribution in [3.8, 4) is 0 Å². The fourth-order valence-electron chi connectivity index (χ4n) is 2.42. The van der Waals surface area contributed by atoms with E-state index >= 15 is 0 Å². The number of piperidine rings is 1. The van der Waals surface area contributed by atoms with E-state index in [0.717, 1.165) is 19.6 Å². The van der Waals surface area contributed by atoms with E-state index in [-0.39, 0.29) is 0 Å². The van der Waals surface area contributed by atoms with Crippen LogP contribution in [-0.4, -0.2) is 24.1 Å². The third kappa shape index (κ3) is 3.93. The number of nitrogens with zero attached hydrogens (tertiary/aromatic N) is 2. The standard InChI is InChI=1S/C15H27N3S/c1-5-15(4)6-8-18(9-7-15)14-17-11-13(19-14)10-16-12(2)3/h11-12,16H,5-10H2,1-4H3. The highest BCUT2D eigenvalue weighted by atomic mass is 32.1. The number of hydrogen-bond acceptors (Lipinski definition) is 4. The zero-order valence-corrected chi connectivity index (χ0v) is 13.5. The van der Waals surface area contributed by atoms with Gasteiger partial charge < -0.3 is 10.2 Å². The van der Waals surface area contributed by atoms with Gasteiger partial charge in [0, 0.05) is 36.8 Å². The van der Waals surface area contributed by atoms with Crippen LogP contribution in [0.25, 0.3) is 0 Å². The maximum Gasteiger partial charge on any atom is 0.185 e. The molecule has 1 aliphatic rings. The van der Waals surface area contributed by atoms with Crippen LogP contribution in [0.2, 0.25) is 0 Å². The molecule has 0 spiro atoms. The molecule has 0 saturated carbocycles. The quantitative estimate of drug-likeness (QED) is 0.893. The average Bonchev–Trinajstić information content (AvgIpc) is 2.86. The molecule has 1 saturated heterocycles. The topological polar surface area (TPSA) is 28.2 Å². The summed E-state index contributed by atoms with van der Waals surface area (Å²) >= 11 is 1.84. The second kappa shape index (κ2) is 6.23. The monoisotopic (exact) mass is 281 g/mol. The summed E-state index contributed by atoms with van der Waals surface area (Å²) in [6.45, 7) is 12.4. The largest absolute Gasteiger partial charge is 0.348 e. The van der Waals surface area contributed by atoms with Crippen LogP contribution in [0, 0.1) is 5.41 Å². The zero-order valence-electron chi connectivity index (χ0n) is 12.7. The molecule has 1 fully saturated rings. The Labute approximate surface area is 121 Å². The third-order valence-electron chi connectivity index (χ3n) is 4.32. The molecular formula is C15H27N3S. The normalized spacial score (nSPS) is 19.1. The molecule has 2 heterocycles. The highest BCUT2D eigenvalue weighted by molar-refractivity contribution is 7.15. The maximum absolute atomic E-state index is 4.60. The Bertz CT molecular complexity index is 392. The Balaban J connectivity index is 1.89. The molecule has 0 bridgehead atoms. The molecule has 3 nitrogen and oxygen atoms in total. The number of nitrogens with one attached hydrogen (secondary N) is 1. The van der Waals surface area contributed by atoms with Gasteiger partial charge in [-0.1, -0.05) is 34.1 Å². The van der Waals surface area contributed by atoms with Crippen molar-refractivity contribution >= 4 is 16.5 Å². The van der Waals surface area contributed by atoms with Gasteiger partial charge in [-0.15, -0.1) is 11.3 Å². The highest BCUT2D eigenvalue weighted by Gasteiger charge is 2.29. The first kappa shape index (κ1) is 14.8. The molecule has 0 aromatic carbocycles. The first-order valence-corrected chi connectivity index (χ1v) is 8.27. The minimum atomic E-state index is 0.533. The molecule has 1 aromatic rings. The Morgan fingerprint density at radius 1 is 1.42 bits per heavy atom. The van der Waals surface area contributed by atoms with Crippen LogP contribution in [0.15, 0.2) is 6.20 Å². The van der Waals surface area contributed by atoms with Crippen LogP contribution in [0.1, 0.15) is 51.8 Å². The van der Waals surface area contributed by atoms with E-state index in [4.69, 9.17) is 0 Å². The summed E-state index contributed by atoms with van der Waals surface area (Å²) in [6, 6.07) is 0.533. The van der Waals surface area contributed by atoms with Gasteiger partial charge in [0.25, 0.3) is 0 Å². The van der Waals surface area contributed by atoms with Crippen molar-refractivity contribution in [2.45, 2.75) is 59.5 Å². The summed E-state index contributed by atoms with van der Waals surface area (Å²) in [5.74, 6) is 0. The van der Waals surface area contributed by atoms with Crippen molar-refractivity contribution in [3.63, 3.8) is 0 Å². The molecule has 108 valence electrons. The lowest BCUT2D eigenvalue weighted by Gasteiger charge is -2.38. The van der Waals surface area contributed by atoms with Gasteiger partial charge in [0.05, 0.1) is 0 Å². The molecular weight excluding hydrogens is 254 g/mol. The van der Waals surface area contributed by atoms with Crippen LogP contribution in [0.5, 0.6) is 0 Å². The maximum atomic E-state index is 4.60. The van der Waals surface area contributed by atoms with Crippen molar-refractivity contribution in [1.29, 1.82) is 0 Å². The summed E-state index contributed by atoms with van der Waals surface area (Å²) in [6.07, 6.45) is 5.91. The highest BCUT2D eigenvalue weighted by Crippen LogP contribution is 2.36. The fraction of sp³-hybridized carbons (Fsp3) is 0.800. The van der Waals surface area contributed by atoms with E-state index in [2.05, 4.69) is 42.9 Å². The molecule has 1 aliphatic heterocycles. The molecule has 0 aliphatic carbocycles. The van der Waals surface area contributed by atoms with Crippen LogP contribution in [0.4, 0.5) is 5.13 Å². The Hall–Kier alpha value is -0.610. The first-order valence-electron chi connectivity index (χ1n) is 7.45. The second-order valence-electron chi connectivity index (χ2n) is 6.30. The van der Waals surface area contributed by atoms with E-state index in [0.29, 0.717) is 11.5 Å². The molecule has 0 radical (unpaired) electrons. The molecule has 1 N–H and O–H groups in total. The molecule has 4 heteroatoms. The predicted octanol–water partition coefficient (Wildman–Crippen LogP) is 3.66. The summed E-state index contributed by atoms with van der Waals surface area (Å²) in [5.41, 5.74) is 0.551. The first-order chi connectivity index (χ1) is 9.02. The molecule has 0 amide bonds. The summed E-state index contributed by atoms with van der Waals surface area (Å²) in [7, 11) is 0. The van der Waals surface area contributed by atoms with Gasteiger partial charge in [0.1, 0.15) is 0 Å². The fourth-order valence-corrected chi connectivity index (χ4v) is 3.33. The van der Waals surface area contributed by atoms with E-state index in [1.165, 1.54) is 29.3 Å². The van der Waals surface area contributed by atoms with Crippen molar-refractivity contribution in [3.05, 3.63) is 11.1 Å². The molecule has 19 heavy (non-hydrogen) atoms.